The monoisotopic (exact) mass is 262 g/mol. The molecule has 1 aromatic carbocycles. The average molecular weight is 262 g/mol. The third-order valence-corrected chi connectivity index (χ3v) is 4.07. The molecule has 0 aliphatic heterocycles. The number of benzene rings is 1. The third kappa shape index (κ3) is 2.73. The van der Waals surface area contributed by atoms with Gasteiger partial charge in [-0.15, -0.1) is 10.2 Å². The van der Waals surface area contributed by atoms with Crippen molar-refractivity contribution in [3.05, 3.63) is 36.2 Å². The first kappa shape index (κ1) is 13.1. The van der Waals surface area contributed by atoms with E-state index in [1.54, 1.807) is 18.1 Å². The van der Waals surface area contributed by atoms with E-state index in [1.165, 1.54) is 10.5 Å². The van der Waals surface area contributed by atoms with E-state index in [9.17, 15) is 0 Å². The minimum Gasteiger partial charge on any atom is -0.313 e. The Kier molecular flexibility index (Phi) is 4.38. The Morgan fingerprint density at radius 2 is 2.17 bits per heavy atom. The summed E-state index contributed by atoms with van der Waals surface area (Å²) in [5, 5.41) is 12.3. The molecule has 1 N–H and O–H groups in total. The predicted molar refractivity (Wildman–Crippen MR) is 73.7 cm³/mol. The van der Waals surface area contributed by atoms with E-state index in [4.69, 9.17) is 0 Å². The van der Waals surface area contributed by atoms with Crippen LogP contribution in [0.3, 0.4) is 0 Å². The highest BCUT2D eigenvalue weighted by atomic mass is 32.2. The van der Waals surface area contributed by atoms with E-state index in [2.05, 4.69) is 46.7 Å². The van der Waals surface area contributed by atoms with E-state index >= 15 is 0 Å². The number of hydrogen-bond acceptors (Lipinski definition) is 4. The molecule has 0 aliphatic rings. The fourth-order valence-corrected chi connectivity index (χ4v) is 2.85. The Balaban J connectivity index is 2.30. The number of aryl methyl sites for hydroxylation is 1. The van der Waals surface area contributed by atoms with Crippen LogP contribution >= 0.6 is 11.8 Å². The van der Waals surface area contributed by atoms with Crippen molar-refractivity contribution in [1.82, 2.24) is 20.1 Å². The Morgan fingerprint density at radius 1 is 1.39 bits per heavy atom. The molecule has 1 unspecified atom stereocenters. The van der Waals surface area contributed by atoms with Gasteiger partial charge in [0.1, 0.15) is 6.33 Å². The van der Waals surface area contributed by atoms with Gasteiger partial charge in [-0.05, 0) is 36.9 Å². The SMILES string of the molecule is CCC(NC)c1ccccc1Sc1nncn1C. The van der Waals surface area contributed by atoms with Gasteiger partial charge in [0.15, 0.2) is 5.16 Å². The Bertz CT molecular complexity index is 505. The lowest BCUT2D eigenvalue weighted by molar-refractivity contribution is 0.568. The van der Waals surface area contributed by atoms with Gasteiger partial charge in [0, 0.05) is 18.0 Å². The smallest absolute Gasteiger partial charge is 0.195 e. The molecule has 96 valence electrons. The van der Waals surface area contributed by atoms with Gasteiger partial charge in [0.25, 0.3) is 0 Å². The molecule has 0 radical (unpaired) electrons. The normalized spacial score (nSPS) is 12.6. The zero-order valence-corrected chi connectivity index (χ0v) is 11.7. The highest BCUT2D eigenvalue weighted by Crippen LogP contribution is 2.32. The molecule has 4 nitrogen and oxygen atoms in total. The van der Waals surface area contributed by atoms with Gasteiger partial charge >= 0.3 is 0 Å². The predicted octanol–water partition coefficient (Wildman–Crippen LogP) is 2.64. The van der Waals surface area contributed by atoms with Gasteiger partial charge < -0.3 is 9.88 Å². The number of nitrogens with one attached hydrogen (secondary N) is 1. The van der Waals surface area contributed by atoms with Crippen molar-refractivity contribution in [2.24, 2.45) is 7.05 Å². The van der Waals surface area contributed by atoms with Crippen molar-refractivity contribution < 1.29 is 0 Å². The summed E-state index contributed by atoms with van der Waals surface area (Å²) >= 11 is 1.66. The lowest BCUT2D eigenvalue weighted by Crippen LogP contribution is -2.15. The average Bonchev–Trinajstić information content (AvgIpc) is 2.79. The molecular formula is C13H18N4S. The van der Waals surface area contributed by atoms with Crippen molar-refractivity contribution in [3.8, 4) is 0 Å². The van der Waals surface area contributed by atoms with Gasteiger partial charge in [-0.25, -0.2) is 0 Å². The molecule has 1 heterocycles. The van der Waals surface area contributed by atoms with Crippen LogP contribution in [-0.2, 0) is 7.05 Å². The zero-order valence-electron chi connectivity index (χ0n) is 10.9. The molecule has 2 aromatic rings. The van der Waals surface area contributed by atoms with E-state index in [0.717, 1.165) is 11.6 Å². The lowest BCUT2D eigenvalue weighted by atomic mass is 10.1. The highest BCUT2D eigenvalue weighted by molar-refractivity contribution is 7.99. The second kappa shape index (κ2) is 6.02. The van der Waals surface area contributed by atoms with Crippen LogP contribution in [0.2, 0.25) is 0 Å². The van der Waals surface area contributed by atoms with Crippen LogP contribution in [0.4, 0.5) is 0 Å². The first-order chi connectivity index (χ1) is 8.76. The summed E-state index contributed by atoms with van der Waals surface area (Å²) in [6.07, 6.45) is 2.78. The van der Waals surface area contributed by atoms with Crippen molar-refractivity contribution >= 4 is 11.8 Å². The molecule has 5 heteroatoms. The van der Waals surface area contributed by atoms with Crippen molar-refractivity contribution in [2.75, 3.05) is 7.05 Å². The number of hydrogen-bond donors (Lipinski definition) is 1. The maximum absolute atomic E-state index is 4.12. The summed E-state index contributed by atoms with van der Waals surface area (Å²) in [5.74, 6) is 0. The molecule has 0 saturated carbocycles. The fraction of sp³-hybridized carbons (Fsp3) is 0.385. The first-order valence-electron chi connectivity index (χ1n) is 6.04. The second-order valence-corrected chi connectivity index (χ2v) is 5.12. The molecule has 0 amide bonds. The zero-order chi connectivity index (χ0) is 13.0. The summed E-state index contributed by atoms with van der Waals surface area (Å²) in [6, 6.07) is 8.82. The number of nitrogens with zero attached hydrogens (tertiary/aromatic N) is 3. The largest absolute Gasteiger partial charge is 0.313 e. The minimum atomic E-state index is 0.377. The van der Waals surface area contributed by atoms with Crippen LogP contribution in [0.5, 0.6) is 0 Å². The summed E-state index contributed by atoms with van der Waals surface area (Å²) < 4.78 is 1.93. The highest BCUT2D eigenvalue weighted by Gasteiger charge is 2.13. The summed E-state index contributed by atoms with van der Waals surface area (Å²) in [5.41, 5.74) is 1.32. The van der Waals surface area contributed by atoms with Crippen LogP contribution in [0.25, 0.3) is 0 Å². The molecule has 0 fully saturated rings. The quantitative estimate of drug-likeness (QED) is 0.899. The molecule has 0 bridgehead atoms. The maximum Gasteiger partial charge on any atom is 0.195 e. The van der Waals surface area contributed by atoms with Gasteiger partial charge in [0.05, 0.1) is 0 Å². The summed E-state index contributed by atoms with van der Waals surface area (Å²) in [6.45, 7) is 2.19. The van der Waals surface area contributed by atoms with Gasteiger partial charge in [0.2, 0.25) is 0 Å². The van der Waals surface area contributed by atoms with Crippen LogP contribution in [0.15, 0.2) is 40.6 Å². The van der Waals surface area contributed by atoms with Crippen LogP contribution < -0.4 is 5.32 Å². The minimum absolute atomic E-state index is 0.377. The molecule has 0 aliphatic carbocycles. The Morgan fingerprint density at radius 3 is 2.78 bits per heavy atom. The Hall–Kier alpha value is -1.33. The molecule has 0 spiro atoms. The van der Waals surface area contributed by atoms with E-state index < -0.39 is 0 Å². The van der Waals surface area contributed by atoms with Gasteiger partial charge in [-0.1, -0.05) is 25.1 Å². The third-order valence-electron chi connectivity index (χ3n) is 2.92. The first-order valence-corrected chi connectivity index (χ1v) is 6.86. The second-order valence-electron chi connectivity index (χ2n) is 4.11. The molecule has 0 saturated heterocycles. The molecular weight excluding hydrogens is 244 g/mol. The molecule has 2 rings (SSSR count). The van der Waals surface area contributed by atoms with E-state index in [-0.39, 0.29) is 0 Å². The van der Waals surface area contributed by atoms with Crippen molar-refractivity contribution in [3.63, 3.8) is 0 Å². The van der Waals surface area contributed by atoms with E-state index in [1.807, 2.05) is 18.7 Å². The fourth-order valence-electron chi connectivity index (χ4n) is 1.90. The number of aromatic nitrogens is 3. The summed E-state index contributed by atoms with van der Waals surface area (Å²) in [4.78, 5) is 1.23. The van der Waals surface area contributed by atoms with Gasteiger partial charge in [-0.2, -0.15) is 0 Å². The van der Waals surface area contributed by atoms with Crippen molar-refractivity contribution in [2.45, 2.75) is 29.4 Å². The maximum atomic E-state index is 4.12. The van der Waals surface area contributed by atoms with E-state index in [0.29, 0.717) is 6.04 Å². The standard InChI is InChI=1S/C13H18N4S/c1-4-11(14-2)10-7-5-6-8-12(10)18-13-16-15-9-17(13)3/h5-9,11,14H,4H2,1-3H3. The molecule has 1 aromatic heterocycles. The topological polar surface area (TPSA) is 42.7 Å². The van der Waals surface area contributed by atoms with Crippen LogP contribution in [-0.4, -0.2) is 21.8 Å². The number of rotatable bonds is 5. The molecule has 18 heavy (non-hydrogen) atoms. The molecule has 1 atom stereocenters. The van der Waals surface area contributed by atoms with Crippen LogP contribution in [0.1, 0.15) is 24.9 Å². The Labute approximate surface area is 112 Å². The van der Waals surface area contributed by atoms with Crippen molar-refractivity contribution in [1.29, 1.82) is 0 Å². The van der Waals surface area contributed by atoms with Crippen LogP contribution in [0, 0.1) is 0 Å². The van der Waals surface area contributed by atoms with Gasteiger partial charge in [-0.3, -0.25) is 0 Å². The lowest BCUT2D eigenvalue weighted by Gasteiger charge is -2.17. The summed E-state index contributed by atoms with van der Waals surface area (Å²) in [7, 11) is 3.96.